The highest BCUT2D eigenvalue weighted by Gasteiger charge is 2.06. The third-order valence-corrected chi connectivity index (χ3v) is 3.66. The molecule has 27 heavy (non-hydrogen) atoms. The van der Waals surface area contributed by atoms with Crippen LogP contribution in [0.25, 0.3) is 0 Å². The second kappa shape index (κ2) is 7.97. The number of carboxylic acids is 1. The van der Waals surface area contributed by atoms with Crippen molar-refractivity contribution < 1.29 is 20.1 Å². The summed E-state index contributed by atoms with van der Waals surface area (Å²) in [5.74, 6) is -0.755. The predicted molar refractivity (Wildman–Crippen MR) is 104 cm³/mol. The van der Waals surface area contributed by atoms with Gasteiger partial charge < -0.3 is 15.3 Å². The first kappa shape index (κ1) is 17.9. The van der Waals surface area contributed by atoms with E-state index in [1.807, 2.05) is 0 Å². The van der Waals surface area contributed by atoms with Crippen molar-refractivity contribution in [3.8, 4) is 11.5 Å². The summed E-state index contributed by atoms with van der Waals surface area (Å²) in [5, 5.41) is 27.9. The Hall–Kier alpha value is -3.93. The van der Waals surface area contributed by atoms with Crippen LogP contribution >= 0.6 is 0 Å². The van der Waals surface area contributed by atoms with E-state index in [9.17, 15) is 20.1 Å². The van der Waals surface area contributed by atoms with Crippen molar-refractivity contribution in [1.29, 1.82) is 0 Å². The number of phenols is 2. The molecule has 3 rings (SSSR count). The molecule has 0 saturated heterocycles. The molecule has 6 heteroatoms. The Kier molecular flexibility index (Phi) is 5.28. The minimum absolute atomic E-state index is 0.0770. The lowest BCUT2D eigenvalue weighted by atomic mass is 10.1. The van der Waals surface area contributed by atoms with E-state index in [2.05, 4.69) is 9.98 Å². The molecule has 0 aliphatic heterocycles. The van der Waals surface area contributed by atoms with Crippen LogP contribution in [0.15, 0.2) is 76.7 Å². The maximum absolute atomic E-state index is 11.4. The Morgan fingerprint density at radius 3 is 1.48 bits per heavy atom. The second-order valence-electron chi connectivity index (χ2n) is 5.74. The minimum Gasteiger partial charge on any atom is -0.508 e. The number of aliphatic imine (C=N–C) groups is 2. The molecule has 0 heterocycles. The molecule has 0 fully saturated rings. The van der Waals surface area contributed by atoms with Gasteiger partial charge in [0.25, 0.3) is 0 Å². The summed E-state index contributed by atoms with van der Waals surface area (Å²) in [6.45, 7) is 0. The predicted octanol–water partition coefficient (Wildman–Crippen LogP) is 4.30. The monoisotopic (exact) mass is 360 g/mol. The number of aromatic hydroxyl groups is 2. The molecule has 3 aromatic rings. The molecule has 0 aliphatic rings. The van der Waals surface area contributed by atoms with Crippen LogP contribution in [0.4, 0.5) is 11.4 Å². The quantitative estimate of drug-likeness (QED) is 0.590. The smallest absolute Gasteiger partial charge is 0.335 e. The molecule has 134 valence electrons. The van der Waals surface area contributed by atoms with E-state index in [1.54, 1.807) is 67.0 Å². The van der Waals surface area contributed by atoms with Crippen molar-refractivity contribution in [2.45, 2.75) is 0 Å². The second-order valence-corrected chi connectivity index (χ2v) is 5.74. The molecular formula is C21H16N2O4. The fourth-order valence-electron chi connectivity index (χ4n) is 2.29. The number of hydrogen-bond acceptors (Lipinski definition) is 5. The van der Waals surface area contributed by atoms with Crippen LogP contribution in [0.3, 0.4) is 0 Å². The first-order chi connectivity index (χ1) is 13.0. The molecule has 0 amide bonds. The third-order valence-electron chi connectivity index (χ3n) is 3.66. The van der Waals surface area contributed by atoms with Crippen molar-refractivity contribution in [2.75, 3.05) is 0 Å². The Bertz CT molecular complexity index is 934. The van der Waals surface area contributed by atoms with E-state index < -0.39 is 5.97 Å². The third kappa shape index (κ3) is 5.02. The Morgan fingerprint density at radius 1 is 0.704 bits per heavy atom. The average Bonchev–Trinajstić information content (AvgIpc) is 2.67. The van der Waals surface area contributed by atoms with E-state index in [4.69, 9.17) is 0 Å². The fraction of sp³-hybridized carbons (Fsp3) is 0. The van der Waals surface area contributed by atoms with Crippen LogP contribution in [-0.2, 0) is 0 Å². The van der Waals surface area contributed by atoms with Gasteiger partial charge >= 0.3 is 5.97 Å². The Morgan fingerprint density at radius 2 is 1.11 bits per heavy atom. The van der Waals surface area contributed by atoms with Crippen LogP contribution in [-0.4, -0.2) is 33.7 Å². The Labute approximate surface area is 155 Å². The van der Waals surface area contributed by atoms with Crippen LogP contribution in [0.5, 0.6) is 11.5 Å². The maximum Gasteiger partial charge on any atom is 0.335 e. The van der Waals surface area contributed by atoms with Crippen molar-refractivity contribution >= 4 is 29.8 Å². The zero-order chi connectivity index (χ0) is 19.2. The molecule has 0 aromatic heterocycles. The summed E-state index contributed by atoms with van der Waals surface area (Å²) in [7, 11) is 0. The summed E-state index contributed by atoms with van der Waals surface area (Å²) >= 11 is 0. The van der Waals surface area contributed by atoms with Gasteiger partial charge in [-0.2, -0.15) is 0 Å². The van der Waals surface area contributed by atoms with Gasteiger partial charge in [0.1, 0.15) is 11.5 Å². The molecule has 0 spiro atoms. The van der Waals surface area contributed by atoms with Crippen LogP contribution < -0.4 is 0 Å². The van der Waals surface area contributed by atoms with Gasteiger partial charge in [-0.3, -0.25) is 9.98 Å². The number of nitrogens with zero attached hydrogens (tertiary/aromatic N) is 2. The minimum atomic E-state index is -1.07. The molecule has 0 saturated carbocycles. The van der Waals surface area contributed by atoms with Gasteiger partial charge in [-0.05, 0) is 77.9 Å². The number of rotatable bonds is 5. The zero-order valence-corrected chi connectivity index (χ0v) is 14.1. The molecule has 0 atom stereocenters. The SMILES string of the molecule is O=C(O)c1cc(N=Cc2ccc(O)cc2)cc(N=Cc2ccc(O)cc2)c1. The lowest BCUT2D eigenvalue weighted by Crippen LogP contribution is -1.95. The van der Waals surface area contributed by atoms with Crippen molar-refractivity contribution in [2.24, 2.45) is 9.98 Å². The van der Waals surface area contributed by atoms with Gasteiger partial charge in [-0.15, -0.1) is 0 Å². The number of benzene rings is 3. The highest BCUT2D eigenvalue weighted by atomic mass is 16.4. The number of phenolic OH excluding ortho intramolecular Hbond substituents is 2. The van der Waals surface area contributed by atoms with Crippen LogP contribution in [0.2, 0.25) is 0 Å². The van der Waals surface area contributed by atoms with Gasteiger partial charge in [0.05, 0.1) is 16.9 Å². The van der Waals surface area contributed by atoms with Crippen molar-refractivity contribution in [3.63, 3.8) is 0 Å². The molecule has 3 N–H and O–H groups in total. The lowest BCUT2D eigenvalue weighted by molar-refractivity contribution is 0.0697. The molecule has 6 nitrogen and oxygen atoms in total. The average molecular weight is 360 g/mol. The Balaban J connectivity index is 1.89. The normalized spacial score (nSPS) is 11.3. The largest absolute Gasteiger partial charge is 0.508 e. The molecule has 3 aromatic carbocycles. The summed E-state index contributed by atoms with van der Waals surface area (Å²) in [6, 6.07) is 17.6. The summed E-state index contributed by atoms with van der Waals surface area (Å²) in [4.78, 5) is 20.0. The molecular weight excluding hydrogens is 344 g/mol. The van der Waals surface area contributed by atoms with E-state index in [0.717, 1.165) is 11.1 Å². The zero-order valence-electron chi connectivity index (χ0n) is 14.1. The standard InChI is InChI=1S/C21H16N2O4/c24-19-5-1-14(2-6-19)12-22-17-9-16(21(26)27)10-18(11-17)23-13-15-3-7-20(25)8-4-15/h1-13,24-25H,(H,26,27). The van der Waals surface area contributed by atoms with Crippen molar-refractivity contribution in [3.05, 3.63) is 83.4 Å². The highest BCUT2D eigenvalue weighted by Crippen LogP contribution is 2.24. The van der Waals surface area contributed by atoms with Gasteiger partial charge in [0, 0.05) is 12.4 Å². The van der Waals surface area contributed by atoms with Crippen LogP contribution in [0, 0.1) is 0 Å². The van der Waals surface area contributed by atoms with Gasteiger partial charge in [-0.1, -0.05) is 0 Å². The van der Waals surface area contributed by atoms with Gasteiger partial charge in [0.15, 0.2) is 0 Å². The topological polar surface area (TPSA) is 102 Å². The lowest BCUT2D eigenvalue weighted by Gasteiger charge is -2.02. The molecule has 0 radical (unpaired) electrons. The molecule has 0 aliphatic carbocycles. The number of carbonyl (C=O) groups is 1. The fourth-order valence-corrected chi connectivity index (χ4v) is 2.29. The van der Waals surface area contributed by atoms with E-state index in [-0.39, 0.29) is 17.1 Å². The number of hydrogen-bond donors (Lipinski definition) is 3. The van der Waals surface area contributed by atoms with Crippen molar-refractivity contribution in [1.82, 2.24) is 0 Å². The first-order valence-corrected chi connectivity index (χ1v) is 8.04. The molecule has 0 unspecified atom stereocenters. The summed E-state index contributed by atoms with van der Waals surface area (Å²) in [5.41, 5.74) is 2.50. The summed E-state index contributed by atoms with van der Waals surface area (Å²) < 4.78 is 0. The first-order valence-electron chi connectivity index (χ1n) is 8.04. The van der Waals surface area contributed by atoms with Gasteiger partial charge in [0.2, 0.25) is 0 Å². The number of carboxylic acid groups (broad SMARTS) is 1. The summed E-state index contributed by atoms with van der Waals surface area (Å²) in [6.07, 6.45) is 3.15. The van der Waals surface area contributed by atoms with E-state index in [0.29, 0.717) is 11.4 Å². The van der Waals surface area contributed by atoms with E-state index >= 15 is 0 Å². The molecule has 0 bridgehead atoms. The van der Waals surface area contributed by atoms with Gasteiger partial charge in [-0.25, -0.2) is 4.79 Å². The number of aromatic carboxylic acids is 1. The van der Waals surface area contributed by atoms with E-state index in [1.165, 1.54) is 12.1 Å². The maximum atomic E-state index is 11.4. The van der Waals surface area contributed by atoms with Crippen LogP contribution in [0.1, 0.15) is 21.5 Å². The highest BCUT2D eigenvalue weighted by molar-refractivity contribution is 5.91.